The van der Waals surface area contributed by atoms with E-state index in [1.807, 2.05) is 11.8 Å². The zero-order chi connectivity index (χ0) is 17.5. The number of thioether (sulfide) groups is 1. The molecule has 25 heavy (non-hydrogen) atoms. The standard InChI is InChI=1S/C22H22BNS/c1-18(24-23)17-25-22(19-11-5-2-6-12-19,20-13-7-3-8-14-20)21-15-9-4-10-16-21/h2-16,18,24H,17H2,1H3. The van der Waals surface area contributed by atoms with E-state index in [4.69, 9.17) is 7.98 Å². The largest absolute Gasteiger partial charge is 0.363 e. The maximum atomic E-state index is 5.65. The van der Waals surface area contributed by atoms with Gasteiger partial charge in [-0.15, -0.1) is 11.8 Å². The molecule has 0 aliphatic rings. The van der Waals surface area contributed by atoms with Gasteiger partial charge in [0.25, 0.3) is 0 Å². The van der Waals surface area contributed by atoms with E-state index in [2.05, 4.69) is 103 Å². The second-order valence-corrected chi connectivity index (χ2v) is 7.39. The van der Waals surface area contributed by atoms with Crippen molar-refractivity contribution in [3.05, 3.63) is 108 Å². The van der Waals surface area contributed by atoms with Crippen molar-refractivity contribution in [3.63, 3.8) is 0 Å². The molecule has 0 aromatic heterocycles. The summed E-state index contributed by atoms with van der Waals surface area (Å²) in [5.41, 5.74) is 3.84. The van der Waals surface area contributed by atoms with Gasteiger partial charge in [0.2, 0.25) is 0 Å². The number of rotatable bonds is 7. The predicted molar refractivity (Wildman–Crippen MR) is 110 cm³/mol. The minimum absolute atomic E-state index is 0.223. The van der Waals surface area contributed by atoms with Gasteiger partial charge < -0.3 is 5.23 Å². The van der Waals surface area contributed by atoms with E-state index < -0.39 is 0 Å². The van der Waals surface area contributed by atoms with E-state index in [1.54, 1.807) is 0 Å². The van der Waals surface area contributed by atoms with Gasteiger partial charge in [-0.3, -0.25) is 0 Å². The quantitative estimate of drug-likeness (QED) is 0.490. The Bertz CT molecular complexity index is 665. The summed E-state index contributed by atoms with van der Waals surface area (Å²) in [5.74, 6) is 0.898. The van der Waals surface area contributed by atoms with Crippen LogP contribution in [0.25, 0.3) is 0 Å². The van der Waals surface area contributed by atoms with E-state index >= 15 is 0 Å². The summed E-state index contributed by atoms with van der Waals surface area (Å²) >= 11 is 1.92. The van der Waals surface area contributed by atoms with Crippen molar-refractivity contribution < 1.29 is 0 Å². The van der Waals surface area contributed by atoms with Crippen molar-refractivity contribution in [1.29, 1.82) is 0 Å². The van der Waals surface area contributed by atoms with Gasteiger partial charge >= 0.3 is 0 Å². The summed E-state index contributed by atoms with van der Waals surface area (Å²) in [6.45, 7) is 2.11. The van der Waals surface area contributed by atoms with Gasteiger partial charge in [-0.05, 0) is 23.6 Å². The van der Waals surface area contributed by atoms with E-state index in [9.17, 15) is 0 Å². The average molecular weight is 343 g/mol. The molecule has 3 rings (SSSR count). The van der Waals surface area contributed by atoms with E-state index in [1.165, 1.54) is 16.7 Å². The van der Waals surface area contributed by atoms with Gasteiger partial charge in [0, 0.05) is 11.8 Å². The van der Waals surface area contributed by atoms with Crippen LogP contribution in [0.15, 0.2) is 91.0 Å². The minimum Gasteiger partial charge on any atom is -0.363 e. The highest BCUT2D eigenvalue weighted by atomic mass is 32.2. The third kappa shape index (κ3) is 3.83. The second-order valence-electron chi connectivity index (χ2n) is 6.16. The van der Waals surface area contributed by atoms with Crippen LogP contribution in [0, 0.1) is 0 Å². The molecule has 0 fully saturated rings. The van der Waals surface area contributed by atoms with Crippen LogP contribution in [0.2, 0.25) is 0 Å². The molecule has 3 aromatic rings. The normalized spacial score (nSPS) is 12.7. The third-order valence-corrected chi connectivity index (χ3v) is 6.18. The van der Waals surface area contributed by atoms with Crippen LogP contribution in [0.5, 0.6) is 0 Å². The maximum Gasteiger partial charge on any atom is 0.178 e. The maximum absolute atomic E-state index is 5.65. The molecule has 0 aliphatic heterocycles. The Kier molecular flexibility index (Phi) is 6.01. The smallest absolute Gasteiger partial charge is 0.178 e. The summed E-state index contributed by atoms with van der Waals surface area (Å²) in [4.78, 5) is 0. The Morgan fingerprint density at radius 1 is 0.760 bits per heavy atom. The van der Waals surface area contributed by atoms with Crippen LogP contribution < -0.4 is 5.23 Å². The lowest BCUT2D eigenvalue weighted by Crippen LogP contribution is -2.31. The number of nitrogens with one attached hydrogen (secondary N) is 1. The molecule has 2 radical (unpaired) electrons. The molecule has 3 aromatic carbocycles. The molecular weight excluding hydrogens is 321 g/mol. The lowest BCUT2D eigenvalue weighted by atomic mass is 9.84. The highest BCUT2D eigenvalue weighted by Gasteiger charge is 2.36. The Morgan fingerprint density at radius 2 is 1.12 bits per heavy atom. The molecule has 0 saturated heterocycles. The molecule has 0 aliphatic carbocycles. The lowest BCUT2D eigenvalue weighted by Gasteiger charge is -2.36. The summed E-state index contributed by atoms with van der Waals surface area (Å²) in [6, 6.07) is 32.4. The molecule has 124 valence electrons. The van der Waals surface area contributed by atoms with Crippen molar-refractivity contribution >= 4 is 19.7 Å². The third-order valence-electron chi connectivity index (χ3n) is 4.38. The number of hydrogen-bond donors (Lipinski definition) is 1. The van der Waals surface area contributed by atoms with Gasteiger partial charge in [-0.2, -0.15) is 0 Å². The Labute approximate surface area is 156 Å². The first-order valence-electron chi connectivity index (χ1n) is 8.54. The molecule has 1 unspecified atom stereocenters. The fourth-order valence-electron chi connectivity index (χ4n) is 3.07. The zero-order valence-electron chi connectivity index (χ0n) is 14.4. The molecule has 0 spiro atoms. The van der Waals surface area contributed by atoms with E-state index in [0.717, 1.165) is 5.75 Å². The van der Waals surface area contributed by atoms with Gasteiger partial charge in [-0.25, -0.2) is 0 Å². The summed E-state index contributed by atoms with van der Waals surface area (Å²) in [7, 11) is 5.65. The first-order chi connectivity index (χ1) is 12.3. The van der Waals surface area contributed by atoms with Crippen molar-refractivity contribution in [2.24, 2.45) is 0 Å². The monoisotopic (exact) mass is 343 g/mol. The lowest BCUT2D eigenvalue weighted by molar-refractivity contribution is 0.764. The fraction of sp³-hybridized carbons (Fsp3) is 0.182. The summed E-state index contributed by atoms with van der Waals surface area (Å²) in [6.07, 6.45) is 0. The van der Waals surface area contributed by atoms with E-state index in [-0.39, 0.29) is 10.8 Å². The second kappa shape index (κ2) is 8.42. The molecule has 0 bridgehead atoms. The summed E-state index contributed by atoms with van der Waals surface area (Å²) in [5, 5.41) is 2.87. The van der Waals surface area contributed by atoms with Crippen molar-refractivity contribution in [3.8, 4) is 0 Å². The Balaban J connectivity index is 2.20. The minimum atomic E-state index is -0.269. The molecule has 3 heteroatoms. The van der Waals surface area contributed by atoms with Gasteiger partial charge in [0.05, 0.1) is 4.75 Å². The molecule has 0 saturated carbocycles. The SMILES string of the molecule is [B]NC(C)CSC(c1ccccc1)(c1ccccc1)c1ccccc1. The van der Waals surface area contributed by atoms with Crippen LogP contribution in [0.4, 0.5) is 0 Å². The van der Waals surface area contributed by atoms with Crippen molar-refractivity contribution in [2.75, 3.05) is 5.75 Å². The highest BCUT2D eigenvalue weighted by Crippen LogP contribution is 2.48. The number of benzene rings is 3. The van der Waals surface area contributed by atoms with Crippen molar-refractivity contribution in [1.82, 2.24) is 5.23 Å². The Hall–Kier alpha value is -1.97. The van der Waals surface area contributed by atoms with Gasteiger partial charge in [0.1, 0.15) is 0 Å². The summed E-state index contributed by atoms with van der Waals surface area (Å²) < 4.78 is -0.269. The van der Waals surface area contributed by atoms with Gasteiger partial charge in [-0.1, -0.05) is 91.0 Å². The van der Waals surface area contributed by atoms with Gasteiger partial charge in [0.15, 0.2) is 7.98 Å². The highest BCUT2D eigenvalue weighted by molar-refractivity contribution is 8.00. The molecule has 1 N–H and O–H groups in total. The van der Waals surface area contributed by atoms with Crippen LogP contribution in [-0.2, 0) is 4.75 Å². The van der Waals surface area contributed by atoms with Crippen LogP contribution in [0.3, 0.4) is 0 Å². The number of hydrogen-bond acceptors (Lipinski definition) is 2. The molecule has 0 amide bonds. The topological polar surface area (TPSA) is 12.0 Å². The Morgan fingerprint density at radius 3 is 1.44 bits per heavy atom. The first kappa shape index (κ1) is 17.8. The molecular formula is C22H22BNS. The molecule has 1 nitrogen and oxygen atoms in total. The molecule has 1 atom stereocenters. The van der Waals surface area contributed by atoms with Crippen LogP contribution in [-0.4, -0.2) is 19.8 Å². The molecule has 0 heterocycles. The van der Waals surface area contributed by atoms with Crippen LogP contribution in [0.1, 0.15) is 23.6 Å². The van der Waals surface area contributed by atoms with E-state index in [0.29, 0.717) is 0 Å². The predicted octanol–water partition coefficient (Wildman–Crippen LogP) is 4.77. The van der Waals surface area contributed by atoms with Crippen molar-refractivity contribution in [2.45, 2.75) is 17.7 Å². The average Bonchev–Trinajstić information content (AvgIpc) is 2.71. The fourth-order valence-corrected chi connectivity index (χ4v) is 4.57. The van der Waals surface area contributed by atoms with Crippen LogP contribution >= 0.6 is 11.8 Å². The first-order valence-corrected chi connectivity index (χ1v) is 9.52. The zero-order valence-corrected chi connectivity index (χ0v) is 15.2.